The predicted molar refractivity (Wildman–Crippen MR) is 129 cm³/mol. The van der Waals surface area contributed by atoms with Crippen molar-refractivity contribution < 1.29 is 43.3 Å². The molecule has 13 nitrogen and oxygen atoms in total. The highest BCUT2D eigenvalue weighted by Crippen LogP contribution is 2.55. The number of imidazole rings is 1. The average molecular weight is 583 g/mol. The summed E-state index contributed by atoms with van der Waals surface area (Å²) in [4.78, 5) is 31.7. The predicted octanol–water partition coefficient (Wildman–Crippen LogP) is 1.93. The molecule has 0 spiro atoms. The van der Waals surface area contributed by atoms with Crippen LogP contribution in [0.1, 0.15) is 11.3 Å². The number of nitrogens with one attached hydrogen (secondary N) is 1. The fraction of sp³-hybridized carbons (Fsp3) is 0.368. The number of hydrogen-bond donors (Lipinski definition) is 6. The average Bonchev–Trinajstić information content (AvgIpc) is 3.32. The number of anilines is 1. The van der Waals surface area contributed by atoms with Gasteiger partial charge in [0.25, 0.3) is 0 Å². The number of nitrogens with zero attached hydrogens (tertiary/aromatic N) is 3. The van der Waals surface area contributed by atoms with Crippen LogP contribution in [0.25, 0.3) is 5.65 Å². The lowest BCUT2D eigenvalue weighted by Gasteiger charge is -2.26. The van der Waals surface area contributed by atoms with Gasteiger partial charge in [0.05, 0.1) is 30.8 Å². The van der Waals surface area contributed by atoms with Crippen molar-refractivity contribution in [1.29, 1.82) is 0 Å². The van der Waals surface area contributed by atoms with E-state index in [1.807, 2.05) is 12.1 Å². The Morgan fingerprint density at radius 3 is 2.67 bits per heavy atom. The van der Waals surface area contributed by atoms with Crippen LogP contribution in [0.4, 0.5) is 5.69 Å². The van der Waals surface area contributed by atoms with E-state index < -0.39 is 52.1 Å². The van der Waals surface area contributed by atoms with Gasteiger partial charge in [-0.1, -0.05) is 41.4 Å². The maximum absolute atomic E-state index is 11.9. The van der Waals surface area contributed by atoms with Crippen LogP contribution >= 0.6 is 38.4 Å². The molecule has 4 atom stereocenters. The summed E-state index contributed by atoms with van der Waals surface area (Å²) in [5, 5.41) is 30.0. The van der Waals surface area contributed by atoms with Crippen molar-refractivity contribution in [2.24, 2.45) is 0 Å². The van der Waals surface area contributed by atoms with Gasteiger partial charge in [-0.3, -0.25) is 9.13 Å². The molecule has 1 fully saturated rings. The third-order valence-corrected chi connectivity index (χ3v) is 9.48. The second-order valence-corrected chi connectivity index (χ2v) is 13.0. The minimum atomic E-state index is -4.83. The Morgan fingerprint density at radius 2 is 1.97 bits per heavy atom. The van der Waals surface area contributed by atoms with Crippen molar-refractivity contribution in [2.45, 2.75) is 24.4 Å². The van der Waals surface area contributed by atoms with Crippen LogP contribution in [0, 0.1) is 0 Å². The zero-order valence-corrected chi connectivity index (χ0v) is 21.6. The number of ether oxygens (including phenoxy) is 1. The van der Waals surface area contributed by atoms with Gasteiger partial charge in [0, 0.05) is 17.6 Å². The van der Waals surface area contributed by atoms with Crippen molar-refractivity contribution in [3.63, 3.8) is 0 Å². The molecule has 3 heterocycles. The lowest BCUT2D eigenvalue weighted by molar-refractivity contribution is -0.0624. The molecule has 0 radical (unpaired) electrons. The third kappa shape index (κ3) is 5.93. The molecule has 1 aliphatic rings. The van der Waals surface area contributed by atoms with Crippen LogP contribution in [-0.2, 0) is 30.5 Å². The molecule has 1 aromatic carbocycles. The summed E-state index contributed by atoms with van der Waals surface area (Å²) >= 11 is 12.4. The second kappa shape index (κ2) is 10.3. The first-order valence-corrected chi connectivity index (χ1v) is 14.7. The quantitative estimate of drug-likeness (QED) is 0.201. The third-order valence-electron chi connectivity index (χ3n) is 5.47. The summed E-state index contributed by atoms with van der Waals surface area (Å²) in [6, 6.07) is 8.77. The summed E-state index contributed by atoms with van der Waals surface area (Å²) in [5.41, 5.74) is -0.468. The van der Waals surface area contributed by atoms with E-state index in [4.69, 9.17) is 42.2 Å². The van der Waals surface area contributed by atoms with Gasteiger partial charge in [0.15, 0.2) is 22.3 Å². The van der Waals surface area contributed by atoms with Crippen molar-refractivity contribution in [3.8, 4) is 0 Å². The highest BCUT2D eigenvalue weighted by molar-refractivity contribution is 7.70. The number of aliphatic hydroxyl groups excluding tert-OH is 1. The number of aliphatic hydroxyl groups is 2. The number of aromatic nitrogens is 3. The van der Waals surface area contributed by atoms with Gasteiger partial charge >= 0.3 is 15.2 Å². The zero-order valence-electron chi connectivity index (χ0n) is 18.3. The van der Waals surface area contributed by atoms with Gasteiger partial charge in [0.2, 0.25) is 0 Å². The number of rotatable bonds is 9. The molecule has 0 bridgehead atoms. The molecule has 1 aliphatic heterocycles. The Labute approximate surface area is 214 Å². The Balaban J connectivity index is 1.55. The topological polar surface area (TPSA) is 196 Å². The number of hydrogen-bond acceptors (Lipinski definition) is 9. The Kier molecular flexibility index (Phi) is 7.83. The number of benzene rings is 1. The van der Waals surface area contributed by atoms with E-state index in [0.29, 0.717) is 17.3 Å². The summed E-state index contributed by atoms with van der Waals surface area (Å²) in [6.45, 7) is -0.837. The summed E-state index contributed by atoms with van der Waals surface area (Å²) in [6.07, 6.45) is -1.69. The maximum atomic E-state index is 11.9. The Morgan fingerprint density at radius 1 is 1.25 bits per heavy atom. The highest BCUT2D eigenvalue weighted by atomic mass is 35.5. The van der Waals surface area contributed by atoms with Gasteiger partial charge in [-0.15, -0.1) is 0 Å². The van der Waals surface area contributed by atoms with Crippen LogP contribution in [0.5, 0.6) is 0 Å². The Hall–Kier alpha value is -1.60. The largest absolute Gasteiger partial charge is 0.387 e. The molecule has 0 amide bonds. The normalized spacial score (nSPS) is 24.2. The lowest BCUT2D eigenvalue weighted by Crippen LogP contribution is -2.43. The first-order valence-electron chi connectivity index (χ1n) is 10.3. The Bertz CT molecular complexity index is 1370. The number of halogens is 2. The van der Waals surface area contributed by atoms with E-state index >= 15 is 0 Å². The molecule has 3 aromatic rings. The molecule has 1 saturated heterocycles. The SMILES string of the molecule is O=P(O)(O)CP(=O)(O)OC[C@H]1OC[C@@](O)(c2cnc3c(NCc4ccccc4Cl)cc(Cl)nn23)[C@@H]1O. The molecule has 36 heavy (non-hydrogen) atoms. The molecule has 6 N–H and O–H groups in total. The van der Waals surface area contributed by atoms with Gasteiger partial charge in [-0.25, -0.2) is 9.50 Å². The van der Waals surface area contributed by atoms with Gasteiger partial charge in [-0.05, 0) is 11.6 Å². The first-order chi connectivity index (χ1) is 16.8. The summed E-state index contributed by atoms with van der Waals surface area (Å²) in [5.74, 6) is -1.40. The van der Waals surface area contributed by atoms with E-state index in [1.165, 1.54) is 16.8 Å². The highest BCUT2D eigenvalue weighted by Gasteiger charge is 2.52. The van der Waals surface area contributed by atoms with Crippen LogP contribution in [0.3, 0.4) is 0 Å². The molecular formula is C19H22Cl2N4O9P2. The van der Waals surface area contributed by atoms with E-state index in [1.54, 1.807) is 12.1 Å². The van der Waals surface area contributed by atoms with E-state index in [-0.39, 0.29) is 16.5 Å². The van der Waals surface area contributed by atoms with Gasteiger partial charge in [-0.2, -0.15) is 5.10 Å². The molecule has 17 heteroatoms. The minimum Gasteiger partial charge on any atom is -0.387 e. The fourth-order valence-electron chi connectivity index (χ4n) is 3.74. The minimum absolute atomic E-state index is 0.0261. The van der Waals surface area contributed by atoms with Crippen LogP contribution in [0.15, 0.2) is 36.5 Å². The molecule has 0 aliphatic carbocycles. The summed E-state index contributed by atoms with van der Waals surface area (Å²) < 4.78 is 34.2. The first kappa shape index (κ1) is 27.4. The van der Waals surface area contributed by atoms with Crippen molar-refractivity contribution in [3.05, 3.63) is 58.0 Å². The standard InChI is InChI=1S/C19H22Cl2N4O9P2/c20-12-4-2-1-3-11(12)6-22-13-5-16(21)24-25-15(7-23-18(13)25)19(27)9-33-14(17(19)26)8-34-36(31,32)10-35(28,29)30/h1-5,7,14,17,22,26-27H,6,8-10H2,(H,31,32)(H2,28,29,30)/t14-,17-,19-/m1/s1. The number of fused-ring (bicyclic) bond motifs is 1. The molecule has 196 valence electrons. The van der Waals surface area contributed by atoms with E-state index in [0.717, 1.165) is 5.56 Å². The monoisotopic (exact) mass is 582 g/mol. The molecule has 1 unspecified atom stereocenters. The second-order valence-electron chi connectivity index (χ2n) is 8.16. The van der Waals surface area contributed by atoms with Gasteiger partial charge < -0.3 is 39.5 Å². The molecule has 2 aromatic heterocycles. The van der Waals surface area contributed by atoms with Crippen molar-refractivity contribution >= 4 is 49.7 Å². The van der Waals surface area contributed by atoms with Crippen LogP contribution in [0.2, 0.25) is 10.2 Å². The zero-order chi connectivity index (χ0) is 26.3. The van der Waals surface area contributed by atoms with Crippen molar-refractivity contribution in [1.82, 2.24) is 14.6 Å². The summed E-state index contributed by atoms with van der Waals surface area (Å²) in [7, 11) is -9.52. The smallest absolute Gasteiger partial charge is 0.340 e. The van der Waals surface area contributed by atoms with Crippen LogP contribution < -0.4 is 5.32 Å². The molecule has 0 saturated carbocycles. The lowest BCUT2D eigenvalue weighted by atomic mass is 9.93. The van der Waals surface area contributed by atoms with E-state index in [9.17, 15) is 24.2 Å². The van der Waals surface area contributed by atoms with Crippen LogP contribution in [-0.4, -0.2) is 70.8 Å². The maximum Gasteiger partial charge on any atom is 0.340 e. The fourth-order valence-corrected chi connectivity index (χ4v) is 6.70. The van der Waals surface area contributed by atoms with Crippen molar-refractivity contribution in [2.75, 3.05) is 24.4 Å². The van der Waals surface area contributed by atoms with Gasteiger partial charge in [0.1, 0.15) is 12.2 Å². The van der Waals surface area contributed by atoms with E-state index in [2.05, 4.69) is 15.4 Å². The molecular weight excluding hydrogens is 561 g/mol. The molecule has 4 rings (SSSR count).